The summed E-state index contributed by atoms with van der Waals surface area (Å²) in [7, 11) is 0. The van der Waals surface area contributed by atoms with Crippen LogP contribution in [0.15, 0.2) is 11.6 Å². The molecule has 1 saturated carbocycles. The van der Waals surface area contributed by atoms with Crippen molar-refractivity contribution in [2.45, 2.75) is 84.5 Å². The maximum Gasteiger partial charge on any atom is 0.105 e. The van der Waals surface area contributed by atoms with Gasteiger partial charge in [-0.15, -0.1) is 0 Å². The molecule has 2 aliphatic rings. The molecule has 0 amide bonds. The molecule has 140 valence electrons. The van der Waals surface area contributed by atoms with Crippen molar-refractivity contribution in [1.82, 2.24) is 0 Å². The summed E-state index contributed by atoms with van der Waals surface area (Å²) in [5.74, 6) is 0.746. The molecule has 0 aromatic carbocycles. The minimum Gasteiger partial charge on any atom is -0.394 e. The molecule has 0 aromatic rings. The van der Waals surface area contributed by atoms with Gasteiger partial charge in [0.15, 0.2) is 0 Å². The smallest absolute Gasteiger partial charge is 0.105 e. The van der Waals surface area contributed by atoms with Crippen molar-refractivity contribution in [3.05, 3.63) is 11.6 Å². The highest BCUT2D eigenvalue weighted by molar-refractivity contribution is 5.19. The standard InChI is InChI=1S/C20H36O4/c1-13-6-7-15-18(2,3)16(22)9-10-19(15,4)14(13)8-11-20(5,24)17(23)12-21/h6,14-17,21-24H,7-12H2,1-5H3/t14-,15-,16-,17+,19+,20+/m0/s1. The third kappa shape index (κ3) is 3.31. The van der Waals surface area contributed by atoms with Crippen molar-refractivity contribution < 1.29 is 20.4 Å². The SMILES string of the molecule is CC1=CC[C@H]2C(C)(C)[C@@H](O)CC[C@]2(C)[C@H]1CC[C@@](C)(O)[C@H](O)CO. The molecule has 24 heavy (non-hydrogen) atoms. The number of hydrogen-bond acceptors (Lipinski definition) is 4. The Balaban J connectivity index is 2.23. The molecule has 0 spiro atoms. The van der Waals surface area contributed by atoms with E-state index in [9.17, 15) is 15.3 Å². The number of hydrogen-bond donors (Lipinski definition) is 4. The van der Waals surface area contributed by atoms with Crippen LogP contribution in [-0.2, 0) is 0 Å². The van der Waals surface area contributed by atoms with Crippen LogP contribution in [0.1, 0.15) is 66.7 Å². The van der Waals surface area contributed by atoms with E-state index in [1.807, 2.05) is 0 Å². The molecule has 4 nitrogen and oxygen atoms in total. The predicted molar refractivity (Wildman–Crippen MR) is 95.4 cm³/mol. The molecule has 0 unspecified atom stereocenters. The number of aliphatic hydroxyl groups is 4. The van der Waals surface area contributed by atoms with Crippen molar-refractivity contribution in [3.63, 3.8) is 0 Å². The van der Waals surface area contributed by atoms with Gasteiger partial charge in [0.2, 0.25) is 0 Å². The second-order valence-corrected chi connectivity index (χ2v) is 9.26. The van der Waals surface area contributed by atoms with E-state index in [-0.39, 0.29) is 16.9 Å². The summed E-state index contributed by atoms with van der Waals surface area (Å²) < 4.78 is 0. The van der Waals surface area contributed by atoms with E-state index in [2.05, 4.69) is 33.8 Å². The zero-order valence-electron chi connectivity index (χ0n) is 15.9. The lowest BCUT2D eigenvalue weighted by atomic mass is 9.47. The minimum atomic E-state index is -1.28. The normalized spacial score (nSPS) is 39.5. The molecule has 2 rings (SSSR count). The van der Waals surface area contributed by atoms with Gasteiger partial charge in [-0.3, -0.25) is 0 Å². The van der Waals surface area contributed by atoms with Gasteiger partial charge in [0, 0.05) is 0 Å². The third-order valence-electron chi connectivity index (χ3n) is 7.36. The van der Waals surface area contributed by atoms with Gasteiger partial charge in [0.1, 0.15) is 6.10 Å². The molecule has 0 aliphatic heterocycles. The number of aliphatic hydroxyl groups excluding tert-OH is 3. The summed E-state index contributed by atoms with van der Waals surface area (Å²) >= 11 is 0. The zero-order chi connectivity index (χ0) is 18.3. The van der Waals surface area contributed by atoms with E-state index in [1.54, 1.807) is 6.92 Å². The van der Waals surface area contributed by atoms with Gasteiger partial charge in [-0.2, -0.15) is 0 Å². The molecular formula is C20H36O4. The highest BCUT2D eigenvalue weighted by atomic mass is 16.4. The van der Waals surface area contributed by atoms with Crippen molar-refractivity contribution in [2.75, 3.05) is 6.61 Å². The van der Waals surface area contributed by atoms with Gasteiger partial charge in [0.25, 0.3) is 0 Å². The molecule has 6 atom stereocenters. The average Bonchev–Trinajstić information content (AvgIpc) is 2.49. The van der Waals surface area contributed by atoms with Crippen LogP contribution in [0, 0.1) is 22.7 Å². The molecule has 4 heteroatoms. The Kier molecular flexibility index (Phi) is 5.57. The Morgan fingerprint density at radius 2 is 1.96 bits per heavy atom. The molecular weight excluding hydrogens is 304 g/mol. The Morgan fingerprint density at radius 1 is 1.33 bits per heavy atom. The van der Waals surface area contributed by atoms with Crippen LogP contribution in [0.3, 0.4) is 0 Å². The largest absolute Gasteiger partial charge is 0.394 e. The number of rotatable bonds is 5. The minimum absolute atomic E-state index is 0.0990. The molecule has 0 radical (unpaired) electrons. The quantitative estimate of drug-likeness (QED) is 0.580. The van der Waals surface area contributed by atoms with E-state index in [4.69, 9.17) is 5.11 Å². The van der Waals surface area contributed by atoms with Crippen LogP contribution in [0.25, 0.3) is 0 Å². The van der Waals surface area contributed by atoms with Crippen molar-refractivity contribution >= 4 is 0 Å². The summed E-state index contributed by atoms with van der Waals surface area (Å²) in [6.45, 7) is 10.0. The topological polar surface area (TPSA) is 80.9 Å². The van der Waals surface area contributed by atoms with Gasteiger partial charge >= 0.3 is 0 Å². The Morgan fingerprint density at radius 3 is 2.54 bits per heavy atom. The number of allylic oxidation sites excluding steroid dienone is 2. The lowest BCUT2D eigenvalue weighted by molar-refractivity contribution is -0.124. The maximum atomic E-state index is 10.5. The average molecular weight is 341 g/mol. The summed E-state index contributed by atoms with van der Waals surface area (Å²) in [5.41, 5.74) is 0.0645. The van der Waals surface area contributed by atoms with E-state index in [0.717, 1.165) is 25.7 Å². The van der Waals surface area contributed by atoms with Gasteiger partial charge in [-0.1, -0.05) is 32.4 Å². The van der Waals surface area contributed by atoms with Gasteiger partial charge in [-0.05, 0) is 68.6 Å². The fourth-order valence-electron chi connectivity index (χ4n) is 5.39. The molecule has 0 heterocycles. The third-order valence-corrected chi connectivity index (χ3v) is 7.36. The van der Waals surface area contributed by atoms with Gasteiger partial charge in [-0.25, -0.2) is 0 Å². The van der Waals surface area contributed by atoms with E-state index in [1.165, 1.54) is 5.57 Å². The Labute approximate surface area is 146 Å². The summed E-state index contributed by atoms with van der Waals surface area (Å²) in [6, 6.07) is 0. The summed E-state index contributed by atoms with van der Waals surface area (Å²) in [6.07, 6.45) is 4.97. The monoisotopic (exact) mass is 340 g/mol. The Bertz CT molecular complexity index is 482. The molecule has 0 bridgehead atoms. The first-order chi connectivity index (χ1) is 11.0. The molecule has 0 saturated heterocycles. The first-order valence-corrected chi connectivity index (χ1v) is 9.33. The van der Waals surface area contributed by atoms with Crippen molar-refractivity contribution in [1.29, 1.82) is 0 Å². The van der Waals surface area contributed by atoms with Crippen LogP contribution in [0.5, 0.6) is 0 Å². The van der Waals surface area contributed by atoms with Gasteiger partial charge < -0.3 is 20.4 Å². The van der Waals surface area contributed by atoms with E-state index < -0.39 is 18.3 Å². The second kappa shape index (κ2) is 6.71. The fourth-order valence-corrected chi connectivity index (χ4v) is 5.39. The molecule has 4 N–H and O–H groups in total. The summed E-state index contributed by atoms with van der Waals surface area (Å²) in [4.78, 5) is 0. The zero-order valence-corrected chi connectivity index (χ0v) is 15.9. The Hall–Kier alpha value is -0.420. The van der Waals surface area contributed by atoms with Crippen LogP contribution in [0.4, 0.5) is 0 Å². The highest BCUT2D eigenvalue weighted by Crippen LogP contribution is 2.60. The lowest BCUT2D eigenvalue weighted by Gasteiger charge is -2.58. The predicted octanol–water partition coefficient (Wildman–Crippen LogP) is 2.64. The van der Waals surface area contributed by atoms with Crippen molar-refractivity contribution in [3.8, 4) is 0 Å². The molecule has 1 fully saturated rings. The first kappa shape index (κ1) is 19.9. The number of fused-ring (bicyclic) bond motifs is 1. The van der Waals surface area contributed by atoms with Crippen LogP contribution >= 0.6 is 0 Å². The molecule has 0 aromatic heterocycles. The van der Waals surface area contributed by atoms with Gasteiger partial charge in [0.05, 0.1) is 18.3 Å². The maximum absolute atomic E-state index is 10.5. The van der Waals surface area contributed by atoms with Crippen LogP contribution < -0.4 is 0 Å². The van der Waals surface area contributed by atoms with E-state index >= 15 is 0 Å². The van der Waals surface area contributed by atoms with E-state index in [0.29, 0.717) is 18.3 Å². The summed E-state index contributed by atoms with van der Waals surface area (Å²) in [5, 5.41) is 39.9. The van der Waals surface area contributed by atoms with Crippen LogP contribution in [0.2, 0.25) is 0 Å². The lowest BCUT2D eigenvalue weighted by Crippen LogP contribution is -2.54. The fraction of sp³-hybridized carbons (Fsp3) is 0.900. The van der Waals surface area contributed by atoms with Crippen LogP contribution in [-0.4, -0.2) is 44.8 Å². The molecule has 2 aliphatic carbocycles. The second-order valence-electron chi connectivity index (χ2n) is 9.26. The van der Waals surface area contributed by atoms with Crippen molar-refractivity contribution in [2.24, 2.45) is 22.7 Å². The first-order valence-electron chi connectivity index (χ1n) is 9.33. The highest BCUT2D eigenvalue weighted by Gasteiger charge is 2.55.